The second-order valence-electron chi connectivity index (χ2n) is 5.66. The van der Waals surface area contributed by atoms with Crippen molar-refractivity contribution in [3.63, 3.8) is 0 Å². The second-order valence-corrected chi connectivity index (χ2v) is 5.66. The Kier molecular flexibility index (Phi) is 6.45. The van der Waals surface area contributed by atoms with Gasteiger partial charge in [-0.15, -0.1) is 0 Å². The summed E-state index contributed by atoms with van der Waals surface area (Å²) >= 11 is 0. The number of benzene rings is 1. The number of methoxy groups -OCH3 is 1. The summed E-state index contributed by atoms with van der Waals surface area (Å²) in [6, 6.07) is 5.11. The summed E-state index contributed by atoms with van der Waals surface area (Å²) in [6.07, 6.45) is 0. The fourth-order valence-electron chi connectivity index (χ4n) is 2.59. The van der Waals surface area contributed by atoms with Crippen molar-refractivity contribution in [2.24, 2.45) is 5.73 Å². The van der Waals surface area contributed by atoms with Crippen LogP contribution in [-0.2, 0) is 0 Å². The monoisotopic (exact) mass is 309 g/mol. The maximum Gasteiger partial charge on any atom is 0.166 e. The molecule has 3 N–H and O–H groups in total. The molecule has 1 aromatic carbocycles. The van der Waals surface area contributed by atoms with Crippen LogP contribution in [0.3, 0.4) is 0 Å². The average Bonchev–Trinajstić information content (AvgIpc) is 2.56. The van der Waals surface area contributed by atoms with Gasteiger partial charge in [-0.1, -0.05) is 12.1 Å². The van der Waals surface area contributed by atoms with Crippen LogP contribution in [0.5, 0.6) is 11.5 Å². The van der Waals surface area contributed by atoms with Gasteiger partial charge in [-0.25, -0.2) is 0 Å². The Bertz CT molecular complexity index is 462. The molecule has 0 bridgehead atoms. The van der Waals surface area contributed by atoms with E-state index in [9.17, 15) is 5.11 Å². The van der Waals surface area contributed by atoms with Gasteiger partial charge < -0.3 is 25.2 Å². The van der Waals surface area contributed by atoms with Gasteiger partial charge in [-0.05, 0) is 13.1 Å². The highest BCUT2D eigenvalue weighted by Gasteiger charge is 2.17. The number of hydrogen-bond donors (Lipinski definition) is 2. The minimum absolute atomic E-state index is 0.123. The van der Waals surface area contributed by atoms with Crippen LogP contribution in [-0.4, -0.2) is 75.0 Å². The van der Waals surface area contributed by atoms with Gasteiger partial charge in [0, 0.05) is 38.3 Å². The van der Waals surface area contributed by atoms with Crippen molar-refractivity contribution in [3.8, 4) is 11.5 Å². The van der Waals surface area contributed by atoms with E-state index in [1.165, 1.54) is 0 Å². The normalized spacial score (nSPS) is 18.2. The quantitative estimate of drug-likeness (QED) is 0.755. The highest BCUT2D eigenvalue weighted by Crippen LogP contribution is 2.34. The molecule has 0 saturated carbocycles. The Hall–Kier alpha value is -1.34. The lowest BCUT2D eigenvalue weighted by atomic mass is 10.1. The molecule has 0 aromatic heterocycles. The third-order valence-corrected chi connectivity index (χ3v) is 4.08. The Labute approximate surface area is 132 Å². The first-order valence-electron chi connectivity index (χ1n) is 7.72. The average molecular weight is 309 g/mol. The van der Waals surface area contributed by atoms with Gasteiger partial charge in [0.1, 0.15) is 6.61 Å². The van der Waals surface area contributed by atoms with Gasteiger partial charge in [0.15, 0.2) is 11.5 Å². The number of likely N-dealkylation sites (N-methyl/N-ethyl adjacent to an activating group) is 1. The highest BCUT2D eigenvalue weighted by molar-refractivity contribution is 5.48. The fraction of sp³-hybridized carbons (Fsp3) is 0.625. The molecule has 6 nitrogen and oxygen atoms in total. The summed E-state index contributed by atoms with van der Waals surface area (Å²) in [5.41, 5.74) is 6.72. The molecule has 2 rings (SSSR count). The molecular weight excluding hydrogens is 282 g/mol. The van der Waals surface area contributed by atoms with Crippen molar-refractivity contribution in [2.45, 2.75) is 6.04 Å². The van der Waals surface area contributed by atoms with Crippen LogP contribution in [0.25, 0.3) is 0 Å². The molecule has 0 spiro atoms. The number of aliphatic hydroxyl groups is 1. The Morgan fingerprint density at radius 3 is 2.64 bits per heavy atom. The Balaban J connectivity index is 1.96. The largest absolute Gasteiger partial charge is 0.493 e. The second kappa shape index (κ2) is 8.33. The summed E-state index contributed by atoms with van der Waals surface area (Å²) in [4.78, 5) is 4.72. The zero-order valence-electron chi connectivity index (χ0n) is 13.5. The maximum absolute atomic E-state index is 9.30. The number of rotatable bonds is 7. The van der Waals surface area contributed by atoms with Crippen molar-refractivity contribution in [1.82, 2.24) is 9.80 Å². The summed E-state index contributed by atoms with van der Waals surface area (Å²) in [5, 5.41) is 9.30. The minimum Gasteiger partial charge on any atom is -0.493 e. The molecule has 0 amide bonds. The molecule has 124 valence electrons. The van der Waals surface area contributed by atoms with Crippen molar-refractivity contribution in [2.75, 3.05) is 60.1 Å². The van der Waals surface area contributed by atoms with Crippen LogP contribution in [0.1, 0.15) is 11.6 Å². The van der Waals surface area contributed by atoms with Crippen LogP contribution in [0.4, 0.5) is 0 Å². The third-order valence-electron chi connectivity index (χ3n) is 4.08. The van der Waals surface area contributed by atoms with Gasteiger partial charge in [-0.3, -0.25) is 4.90 Å². The maximum atomic E-state index is 9.30. The van der Waals surface area contributed by atoms with Gasteiger partial charge >= 0.3 is 0 Å². The Morgan fingerprint density at radius 2 is 2.00 bits per heavy atom. The van der Waals surface area contributed by atoms with E-state index in [2.05, 4.69) is 16.8 Å². The van der Waals surface area contributed by atoms with E-state index in [-0.39, 0.29) is 6.61 Å². The molecule has 1 atom stereocenters. The van der Waals surface area contributed by atoms with E-state index in [0.717, 1.165) is 38.3 Å². The first kappa shape index (κ1) is 17.0. The summed E-state index contributed by atoms with van der Waals surface area (Å²) in [5.74, 6) is 1.29. The van der Waals surface area contributed by atoms with E-state index in [1.807, 2.05) is 18.2 Å². The molecule has 6 heteroatoms. The van der Waals surface area contributed by atoms with Crippen LogP contribution < -0.4 is 15.2 Å². The SMILES string of the molecule is COc1cccc([C@H](N)CO)c1OCCN1CCN(C)CC1. The van der Waals surface area contributed by atoms with E-state index in [1.54, 1.807) is 7.11 Å². The molecular formula is C16H27N3O3. The van der Waals surface area contributed by atoms with Crippen LogP contribution in [0, 0.1) is 0 Å². The molecule has 0 unspecified atom stereocenters. The minimum atomic E-state index is -0.464. The van der Waals surface area contributed by atoms with Crippen LogP contribution >= 0.6 is 0 Å². The number of nitrogens with zero attached hydrogens (tertiary/aromatic N) is 2. The fourth-order valence-corrected chi connectivity index (χ4v) is 2.59. The van der Waals surface area contributed by atoms with Gasteiger partial charge in [0.05, 0.1) is 19.8 Å². The molecule has 1 aliphatic rings. The standard InChI is InChI=1S/C16H27N3O3/c1-18-6-8-19(9-7-18)10-11-22-16-13(14(17)12-20)4-3-5-15(16)21-2/h3-5,14,20H,6-12,17H2,1-2H3/t14-/m1/s1. The lowest BCUT2D eigenvalue weighted by Crippen LogP contribution is -2.45. The summed E-state index contributed by atoms with van der Waals surface area (Å²) in [7, 11) is 3.75. The summed E-state index contributed by atoms with van der Waals surface area (Å²) in [6.45, 7) is 5.64. The number of ether oxygens (including phenoxy) is 2. The van der Waals surface area contributed by atoms with Crippen LogP contribution in [0.15, 0.2) is 18.2 Å². The zero-order chi connectivity index (χ0) is 15.9. The molecule has 1 aliphatic heterocycles. The topological polar surface area (TPSA) is 71.2 Å². The van der Waals surface area contributed by atoms with E-state index >= 15 is 0 Å². The molecule has 1 fully saturated rings. The van der Waals surface area contributed by atoms with Crippen molar-refractivity contribution < 1.29 is 14.6 Å². The predicted molar refractivity (Wildman–Crippen MR) is 86.4 cm³/mol. The van der Waals surface area contributed by atoms with Crippen molar-refractivity contribution in [1.29, 1.82) is 0 Å². The third kappa shape index (κ3) is 4.33. The van der Waals surface area contributed by atoms with Crippen LogP contribution in [0.2, 0.25) is 0 Å². The first-order chi connectivity index (χ1) is 10.7. The molecule has 22 heavy (non-hydrogen) atoms. The number of aliphatic hydroxyl groups excluding tert-OH is 1. The predicted octanol–water partition coefficient (Wildman–Crippen LogP) is 0.314. The van der Waals surface area contributed by atoms with Gasteiger partial charge in [0.2, 0.25) is 0 Å². The van der Waals surface area contributed by atoms with Crippen molar-refractivity contribution >= 4 is 0 Å². The first-order valence-corrected chi connectivity index (χ1v) is 7.72. The van der Waals surface area contributed by atoms with Gasteiger partial charge in [-0.2, -0.15) is 0 Å². The van der Waals surface area contributed by atoms with Crippen molar-refractivity contribution in [3.05, 3.63) is 23.8 Å². The molecule has 1 aromatic rings. The zero-order valence-corrected chi connectivity index (χ0v) is 13.5. The number of piperazine rings is 1. The Morgan fingerprint density at radius 1 is 1.27 bits per heavy atom. The number of nitrogens with two attached hydrogens (primary N) is 1. The van der Waals surface area contributed by atoms with E-state index < -0.39 is 6.04 Å². The van der Waals surface area contributed by atoms with E-state index in [4.69, 9.17) is 15.2 Å². The lowest BCUT2D eigenvalue weighted by Gasteiger charge is -2.32. The lowest BCUT2D eigenvalue weighted by molar-refractivity contribution is 0.132. The number of para-hydroxylation sites is 1. The number of hydrogen-bond acceptors (Lipinski definition) is 6. The van der Waals surface area contributed by atoms with Gasteiger partial charge in [0.25, 0.3) is 0 Å². The molecule has 0 aliphatic carbocycles. The molecule has 0 radical (unpaired) electrons. The summed E-state index contributed by atoms with van der Waals surface area (Å²) < 4.78 is 11.3. The molecule has 1 heterocycles. The smallest absolute Gasteiger partial charge is 0.166 e. The molecule has 1 saturated heterocycles. The highest BCUT2D eigenvalue weighted by atomic mass is 16.5. The van der Waals surface area contributed by atoms with E-state index in [0.29, 0.717) is 18.1 Å².